The number of fused-ring (bicyclic) bond motifs is 1. The minimum Gasteiger partial charge on any atom is -0.465 e. The fraction of sp³-hybridized carbons (Fsp3) is 0.688. The summed E-state index contributed by atoms with van der Waals surface area (Å²) in [6.45, 7) is 7.71. The molecule has 0 radical (unpaired) electrons. The third-order valence-electron chi connectivity index (χ3n) is 4.55. The van der Waals surface area contributed by atoms with Gasteiger partial charge in [0.2, 0.25) is 0 Å². The SMILES string of the molecule is C=C1CC(C(=O)OCC)(C(=O)OCC)[C@@H]2CCCC(=O)[C@H]12. The van der Waals surface area contributed by atoms with Crippen LogP contribution < -0.4 is 0 Å². The van der Waals surface area contributed by atoms with E-state index < -0.39 is 23.3 Å². The maximum absolute atomic E-state index is 12.5. The fourth-order valence-electron chi connectivity index (χ4n) is 3.74. The molecule has 2 aliphatic carbocycles. The Morgan fingerprint density at radius 3 is 2.33 bits per heavy atom. The van der Waals surface area contributed by atoms with E-state index in [1.807, 2.05) is 0 Å². The van der Waals surface area contributed by atoms with Crippen molar-refractivity contribution in [3.63, 3.8) is 0 Å². The molecule has 0 amide bonds. The van der Waals surface area contributed by atoms with Crippen LogP contribution >= 0.6 is 0 Å². The predicted molar refractivity (Wildman–Crippen MR) is 75.3 cm³/mol. The van der Waals surface area contributed by atoms with Gasteiger partial charge in [0.25, 0.3) is 0 Å². The minimum absolute atomic E-state index is 0.0757. The topological polar surface area (TPSA) is 69.7 Å². The normalized spacial score (nSPS) is 27.1. The molecular formula is C16H22O5. The van der Waals surface area contributed by atoms with E-state index in [1.165, 1.54) is 0 Å². The molecule has 0 heterocycles. The second-order valence-corrected chi connectivity index (χ2v) is 5.69. The van der Waals surface area contributed by atoms with E-state index in [0.29, 0.717) is 24.8 Å². The molecular weight excluding hydrogens is 272 g/mol. The zero-order chi connectivity index (χ0) is 15.6. The highest BCUT2D eigenvalue weighted by molar-refractivity contribution is 6.03. The van der Waals surface area contributed by atoms with Gasteiger partial charge in [-0.15, -0.1) is 0 Å². The van der Waals surface area contributed by atoms with E-state index in [-0.39, 0.29) is 31.3 Å². The molecule has 0 aromatic carbocycles. The Morgan fingerprint density at radius 2 is 1.81 bits per heavy atom. The number of carbonyl (C=O) groups is 3. The summed E-state index contributed by atoms with van der Waals surface area (Å²) in [6.07, 6.45) is 1.98. The lowest BCUT2D eigenvalue weighted by Crippen LogP contribution is -2.47. The summed E-state index contributed by atoms with van der Waals surface area (Å²) in [5.41, 5.74) is -0.727. The second kappa shape index (κ2) is 6.00. The lowest BCUT2D eigenvalue weighted by molar-refractivity contribution is -0.176. The van der Waals surface area contributed by atoms with Crippen molar-refractivity contribution in [3.05, 3.63) is 12.2 Å². The summed E-state index contributed by atoms with van der Waals surface area (Å²) in [6, 6.07) is 0. The molecule has 21 heavy (non-hydrogen) atoms. The van der Waals surface area contributed by atoms with Crippen LogP contribution in [0.25, 0.3) is 0 Å². The molecule has 0 N–H and O–H groups in total. The van der Waals surface area contributed by atoms with E-state index in [9.17, 15) is 14.4 Å². The van der Waals surface area contributed by atoms with Crippen LogP contribution in [0.2, 0.25) is 0 Å². The van der Waals surface area contributed by atoms with Gasteiger partial charge in [-0.05, 0) is 39.0 Å². The first-order valence-electron chi connectivity index (χ1n) is 7.53. The van der Waals surface area contributed by atoms with Gasteiger partial charge in [-0.25, -0.2) is 0 Å². The quantitative estimate of drug-likeness (QED) is 0.451. The molecule has 2 saturated carbocycles. The Hall–Kier alpha value is -1.65. The highest BCUT2D eigenvalue weighted by atomic mass is 16.6. The van der Waals surface area contributed by atoms with Crippen LogP contribution in [0.1, 0.15) is 39.5 Å². The number of ether oxygens (including phenoxy) is 2. The molecule has 0 aromatic heterocycles. The van der Waals surface area contributed by atoms with E-state index in [0.717, 1.165) is 0 Å². The Morgan fingerprint density at radius 1 is 1.24 bits per heavy atom. The standard InChI is InChI=1S/C16H22O5/c1-4-20-14(18)16(15(19)21-5-2)9-10(3)13-11(16)7-6-8-12(13)17/h11,13H,3-9H2,1-2H3/t11-,13-/m1/s1. The minimum atomic E-state index is -1.39. The van der Waals surface area contributed by atoms with E-state index in [4.69, 9.17) is 9.47 Å². The van der Waals surface area contributed by atoms with Crippen molar-refractivity contribution in [1.29, 1.82) is 0 Å². The Labute approximate surface area is 124 Å². The van der Waals surface area contributed by atoms with Gasteiger partial charge < -0.3 is 9.47 Å². The van der Waals surface area contributed by atoms with Crippen LogP contribution in [-0.2, 0) is 23.9 Å². The maximum atomic E-state index is 12.5. The van der Waals surface area contributed by atoms with Crippen LogP contribution in [0, 0.1) is 17.3 Å². The molecule has 2 aliphatic rings. The second-order valence-electron chi connectivity index (χ2n) is 5.69. The number of ketones is 1. The summed E-state index contributed by atoms with van der Waals surface area (Å²) in [5.74, 6) is -1.86. The first kappa shape index (κ1) is 15.7. The summed E-state index contributed by atoms with van der Waals surface area (Å²) >= 11 is 0. The molecule has 2 rings (SSSR count). The third-order valence-corrected chi connectivity index (χ3v) is 4.55. The zero-order valence-corrected chi connectivity index (χ0v) is 12.6. The van der Waals surface area contributed by atoms with Crippen molar-refractivity contribution in [2.24, 2.45) is 17.3 Å². The number of Topliss-reactive ketones (excluding diaryl/α,β-unsaturated/α-hetero) is 1. The molecule has 116 valence electrons. The largest absolute Gasteiger partial charge is 0.465 e. The van der Waals surface area contributed by atoms with Crippen molar-refractivity contribution < 1.29 is 23.9 Å². The molecule has 0 aromatic rings. The van der Waals surface area contributed by atoms with E-state index in [1.54, 1.807) is 13.8 Å². The van der Waals surface area contributed by atoms with Gasteiger partial charge in [0, 0.05) is 12.3 Å². The number of rotatable bonds is 4. The number of hydrogen-bond donors (Lipinski definition) is 0. The van der Waals surface area contributed by atoms with Gasteiger partial charge in [0.1, 0.15) is 5.78 Å². The number of esters is 2. The van der Waals surface area contributed by atoms with Crippen LogP contribution in [-0.4, -0.2) is 30.9 Å². The summed E-state index contributed by atoms with van der Waals surface area (Å²) < 4.78 is 10.3. The highest BCUT2D eigenvalue weighted by Gasteiger charge is 2.63. The van der Waals surface area contributed by atoms with Crippen LogP contribution in [0.5, 0.6) is 0 Å². The summed E-state index contributed by atoms with van der Waals surface area (Å²) in [4.78, 5) is 37.2. The molecule has 0 saturated heterocycles. The van der Waals surface area contributed by atoms with Crippen molar-refractivity contribution in [2.45, 2.75) is 39.5 Å². The maximum Gasteiger partial charge on any atom is 0.324 e. The molecule has 0 spiro atoms. The summed E-state index contributed by atoms with van der Waals surface area (Å²) in [5, 5.41) is 0. The first-order valence-corrected chi connectivity index (χ1v) is 7.53. The van der Waals surface area contributed by atoms with Gasteiger partial charge in [-0.3, -0.25) is 14.4 Å². The zero-order valence-electron chi connectivity index (χ0n) is 12.6. The number of hydrogen-bond acceptors (Lipinski definition) is 5. The van der Waals surface area contributed by atoms with Gasteiger partial charge in [-0.2, -0.15) is 0 Å². The molecule has 5 heteroatoms. The molecule has 5 nitrogen and oxygen atoms in total. The van der Waals surface area contributed by atoms with Crippen LogP contribution in [0.15, 0.2) is 12.2 Å². The summed E-state index contributed by atoms with van der Waals surface area (Å²) in [7, 11) is 0. The Kier molecular flexibility index (Phi) is 4.49. The first-order chi connectivity index (χ1) is 9.98. The molecule has 0 bridgehead atoms. The third kappa shape index (κ3) is 2.39. The molecule has 2 fully saturated rings. The smallest absolute Gasteiger partial charge is 0.324 e. The van der Waals surface area contributed by atoms with Gasteiger partial charge in [0.15, 0.2) is 5.41 Å². The predicted octanol–water partition coefficient (Wildman–Crippen LogP) is 2.04. The van der Waals surface area contributed by atoms with Crippen LogP contribution in [0.4, 0.5) is 0 Å². The number of carbonyl (C=O) groups excluding carboxylic acids is 3. The van der Waals surface area contributed by atoms with Crippen LogP contribution in [0.3, 0.4) is 0 Å². The lowest BCUT2D eigenvalue weighted by Gasteiger charge is -2.34. The average molecular weight is 294 g/mol. The fourth-order valence-corrected chi connectivity index (χ4v) is 3.74. The monoisotopic (exact) mass is 294 g/mol. The number of allylic oxidation sites excluding steroid dienone is 1. The van der Waals surface area contributed by atoms with Gasteiger partial charge in [0.05, 0.1) is 13.2 Å². The Bertz CT molecular complexity index is 461. The van der Waals surface area contributed by atoms with Gasteiger partial charge >= 0.3 is 11.9 Å². The molecule has 0 aliphatic heterocycles. The van der Waals surface area contributed by atoms with Gasteiger partial charge in [-0.1, -0.05) is 12.2 Å². The highest BCUT2D eigenvalue weighted by Crippen LogP contribution is 2.55. The molecule has 0 unspecified atom stereocenters. The lowest BCUT2D eigenvalue weighted by atomic mass is 9.68. The van der Waals surface area contributed by atoms with Crippen molar-refractivity contribution >= 4 is 17.7 Å². The Balaban J connectivity index is 2.44. The van der Waals surface area contributed by atoms with Crippen molar-refractivity contribution in [2.75, 3.05) is 13.2 Å². The molecule has 2 atom stereocenters. The van der Waals surface area contributed by atoms with E-state index in [2.05, 4.69) is 6.58 Å². The van der Waals surface area contributed by atoms with Crippen molar-refractivity contribution in [1.82, 2.24) is 0 Å². The average Bonchev–Trinajstić information content (AvgIpc) is 2.75. The van der Waals surface area contributed by atoms with E-state index >= 15 is 0 Å². The van der Waals surface area contributed by atoms with Crippen molar-refractivity contribution in [3.8, 4) is 0 Å².